The number of hydrogen-bond donors (Lipinski definition) is 0. The monoisotopic (exact) mass is 320 g/mol. The molecular formula is C19H16N2OS. The maximum atomic E-state index is 5.27. The number of ether oxygens (including phenoxy) is 1. The molecule has 0 spiro atoms. The van der Waals surface area contributed by atoms with Gasteiger partial charge < -0.3 is 4.74 Å². The number of methoxy groups -OCH3 is 1. The number of aromatic nitrogens is 2. The van der Waals surface area contributed by atoms with Crippen molar-refractivity contribution in [1.29, 1.82) is 0 Å². The fourth-order valence-corrected chi connectivity index (χ4v) is 3.51. The Bertz CT molecular complexity index is 967. The molecule has 2 aromatic heterocycles. The number of fused-ring (bicyclic) bond motifs is 1. The van der Waals surface area contributed by atoms with Gasteiger partial charge in [-0.25, -0.2) is 4.98 Å². The maximum Gasteiger partial charge on any atom is 0.146 e. The van der Waals surface area contributed by atoms with Gasteiger partial charge >= 0.3 is 0 Å². The summed E-state index contributed by atoms with van der Waals surface area (Å²) in [6, 6.07) is 18.5. The third-order valence-corrected chi connectivity index (χ3v) is 4.84. The molecule has 0 N–H and O–H groups in total. The van der Waals surface area contributed by atoms with E-state index in [1.165, 1.54) is 10.4 Å². The normalized spacial score (nSPS) is 11.0. The van der Waals surface area contributed by atoms with Gasteiger partial charge in [0.2, 0.25) is 0 Å². The van der Waals surface area contributed by atoms with Gasteiger partial charge in [0.1, 0.15) is 11.6 Å². The van der Waals surface area contributed by atoms with Gasteiger partial charge in [0, 0.05) is 16.1 Å². The number of imidazole rings is 1. The van der Waals surface area contributed by atoms with Crippen molar-refractivity contribution in [3.8, 4) is 22.8 Å². The van der Waals surface area contributed by atoms with Crippen molar-refractivity contribution >= 4 is 22.4 Å². The highest BCUT2D eigenvalue weighted by Crippen LogP contribution is 2.32. The predicted molar refractivity (Wildman–Crippen MR) is 95.7 cm³/mol. The summed E-state index contributed by atoms with van der Waals surface area (Å²) in [5.41, 5.74) is 4.38. The molecule has 0 saturated heterocycles. The lowest BCUT2D eigenvalue weighted by atomic mass is 10.2. The van der Waals surface area contributed by atoms with Gasteiger partial charge in [0.05, 0.1) is 18.1 Å². The summed E-state index contributed by atoms with van der Waals surface area (Å²) < 4.78 is 7.48. The lowest BCUT2D eigenvalue weighted by molar-refractivity contribution is 0.415. The van der Waals surface area contributed by atoms with Crippen LogP contribution in [-0.4, -0.2) is 16.7 Å². The third kappa shape index (κ3) is 2.32. The highest BCUT2D eigenvalue weighted by molar-refractivity contribution is 7.10. The first-order valence-corrected chi connectivity index (χ1v) is 8.32. The smallest absolute Gasteiger partial charge is 0.146 e. The molecule has 4 heteroatoms. The summed E-state index contributed by atoms with van der Waals surface area (Å²) in [7, 11) is 1.68. The van der Waals surface area contributed by atoms with E-state index in [9.17, 15) is 0 Å². The molecule has 0 aliphatic rings. The van der Waals surface area contributed by atoms with E-state index in [0.29, 0.717) is 0 Å². The van der Waals surface area contributed by atoms with Gasteiger partial charge in [-0.15, -0.1) is 11.3 Å². The predicted octanol–water partition coefficient (Wildman–Crippen LogP) is 5.07. The van der Waals surface area contributed by atoms with Gasteiger partial charge in [-0.1, -0.05) is 12.1 Å². The standard InChI is InChI=1S/C19H16N2OS/c1-13-16(11-12-23-13)19-20-17-5-3-4-6-18(17)21(19)14-7-9-15(22-2)10-8-14/h3-12H,1-2H3. The second-order valence-corrected chi connectivity index (χ2v) is 6.47. The molecule has 0 atom stereocenters. The van der Waals surface area contributed by atoms with E-state index in [4.69, 9.17) is 9.72 Å². The van der Waals surface area contributed by atoms with Crippen molar-refractivity contribution in [2.75, 3.05) is 7.11 Å². The Morgan fingerprint density at radius 3 is 2.48 bits per heavy atom. The van der Waals surface area contributed by atoms with Gasteiger partial charge in [-0.2, -0.15) is 0 Å². The zero-order valence-corrected chi connectivity index (χ0v) is 13.8. The molecule has 0 amide bonds. The molecule has 0 aliphatic heterocycles. The van der Waals surface area contributed by atoms with Crippen LogP contribution in [0.3, 0.4) is 0 Å². The molecule has 3 nitrogen and oxygen atoms in total. The minimum absolute atomic E-state index is 0.853. The van der Waals surface area contributed by atoms with Crippen molar-refractivity contribution in [3.05, 3.63) is 64.9 Å². The Labute approximate surface area is 138 Å². The van der Waals surface area contributed by atoms with E-state index in [2.05, 4.69) is 47.2 Å². The second-order valence-electron chi connectivity index (χ2n) is 5.35. The zero-order valence-electron chi connectivity index (χ0n) is 13.0. The number of benzene rings is 2. The molecule has 0 fully saturated rings. The Balaban J connectivity index is 2.01. The van der Waals surface area contributed by atoms with Gasteiger partial charge in [0.25, 0.3) is 0 Å². The fourth-order valence-electron chi connectivity index (χ4n) is 2.82. The highest BCUT2D eigenvalue weighted by atomic mass is 32.1. The van der Waals surface area contributed by atoms with E-state index >= 15 is 0 Å². The first kappa shape index (κ1) is 14.0. The summed E-state index contributed by atoms with van der Waals surface area (Å²) in [6.07, 6.45) is 0. The zero-order chi connectivity index (χ0) is 15.8. The van der Waals surface area contributed by atoms with Crippen LogP contribution in [0.1, 0.15) is 4.88 Å². The summed E-state index contributed by atoms with van der Waals surface area (Å²) in [6.45, 7) is 2.14. The highest BCUT2D eigenvalue weighted by Gasteiger charge is 2.16. The van der Waals surface area contributed by atoms with Crippen LogP contribution >= 0.6 is 11.3 Å². The van der Waals surface area contributed by atoms with Crippen LogP contribution in [0, 0.1) is 6.92 Å². The van der Waals surface area contributed by atoms with Gasteiger partial charge in [-0.05, 0) is 54.8 Å². The number of nitrogens with zero attached hydrogens (tertiary/aromatic N) is 2. The van der Waals surface area contributed by atoms with E-state index in [0.717, 1.165) is 28.3 Å². The quantitative estimate of drug-likeness (QED) is 0.527. The van der Waals surface area contributed by atoms with Crippen LogP contribution in [0.2, 0.25) is 0 Å². The Morgan fingerprint density at radius 1 is 1.00 bits per heavy atom. The summed E-state index contributed by atoms with van der Waals surface area (Å²) >= 11 is 1.75. The SMILES string of the molecule is COc1ccc(-n2c(-c3ccsc3C)nc3ccccc32)cc1. The van der Waals surface area contributed by atoms with Crippen LogP contribution in [0.5, 0.6) is 5.75 Å². The van der Waals surface area contributed by atoms with E-state index < -0.39 is 0 Å². The van der Waals surface area contributed by atoms with Crippen LogP contribution in [0.15, 0.2) is 60.0 Å². The molecule has 114 valence electrons. The first-order valence-electron chi connectivity index (χ1n) is 7.44. The van der Waals surface area contributed by atoms with Crippen LogP contribution in [0.4, 0.5) is 0 Å². The molecule has 4 rings (SSSR count). The van der Waals surface area contributed by atoms with Crippen molar-refractivity contribution in [2.45, 2.75) is 6.92 Å². The van der Waals surface area contributed by atoms with E-state index in [-0.39, 0.29) is 0 Å². The topological polar surface area (TPSA) is 27.1 Å². The molecule has 0 bridgehead atoms. The second kappa shape index (κ2) is 5.56. The molecular weight excluding hydrogens is 304 g/mol. The number of thiophene rings is 1. The van der Waals surface area contributed by atoms with Crippen molar-refractivity contribution in [3.63, 3.8) is 0 Å². The Hall–Kier alpha value is -2.59. The largest absolute Gasteiger partial charge is 0.497 e. The van der Waals surface area contributed by atoms with E-state index in [1.54, 1.807) is 18.4 Å². The molecule has 0 aliphatic carbocycles. The molecule has 2 aromatic carbocycles. The third-order valence-electron chi connectivity index (χ3n) is 3.99. The van der Waals surface area contributed by atoms with Crippen molar-refractivity contribution in [1.82, 2.24) is 9.55 Å². The van der Waals surface area contributed by atoms with Gasteiger partial charge in [0.15, 0.2) is 0 Å². The number of hydrogen-bond acceptors (Lipinski definition) is 3. The molecule has 23 heavy (non-hydrogen) atoms. The fraction of sp³-hybridized carbons (Fsp3) is 0.105. The van der Waals surface area contributed by atoms with Crippen molar-refractivity contribution < 1.29 is 4.74 Å². The average molecular weight is 320 g/mol. The van der Waals surface area contributed by atoms with Crippen LogP contribution < -0.4 is 4.74 Å². The maximum absolute atomic E-state index is 5.27. The number of para-hydroxylation sites is 2. The minimum atomic E-state index is 0.853. The van der Waals surface area contributed by atoms with Crippen LogP contribution in [0.25, 0.3) is 28.1 Å². The first-order chi connectivity index (χ1) is 11.3. The van der Waals surface area contributed by atoms with E-state index in [1.807, 2.05) is 24.3 Å². The lowest BCUT2D eigenvalue weighted by Gasteiger charge is -2.10. The minimum Gasteiger partial charge on any atom is -0.497 e. The molecule has 0 saturated carbocycles. The summed E-state index contributed by atoms with van der Waals surface area (Å²) in [4.78, 5) is 6.15. The number of aryl methyl sites for hydroxylation is 1. The lowest BCUT2D eigenvalue weighted by Crippen LogP contribution is -1.97. The summed E-state index contributed by atoms with van der Waals surface area (Å²) in [5.74, 6) is 1.83. The molecule has 0 radical (unpaired) electrons. The summed E-state index contributed by atoms with van der Waals surface area (Å²) in [5, 5.41) is 2.11. The Morgan fingerprint density at radius 2 is 1.78 bits per heavy atom. The van der Waals surface area contributed by atoms with Crippen molar-refractivity contribution in [2.24, 2.45) is 0 Å². The van der Waals surface area contributed by atoms with Crippen LogP contribution in [-0.2, 0) is 0 Å². The molecule has 2 heterocycles. The number of rotatable bonds is 3. The van der Waals surface area contributed by atoms with Gasteiger partial charge in [-0.3, -0.25) is 4.57 Å². The Kier molecular flexibility index (Phi) is 3.39. The molecule has 4 aromatic rings. The average Bonchev–Trinajstić information content (AvgIpc) is 3.18. The molecule has 0 unspecified atom stereocenters.